The highest BCUT2D eigenvalue weighted by Gasteiger charge is 2.53. The Balaban J connectivity index is 1.97. The van der Waals surface area contributed by atoms with E-state index in [4.69, 9.17) is 0 Å². The van der Waals surface area contributed by atoms with Crippen LogP contribution in [-0.4, -0.2) is 11.7 Å². The van der Waals surface area contributed by atoms with Gasteiger partial charge in [-0.05, 0) is 24.3 Å². The molecule has 94 valence electrons. The van der Waals surface area contributed by atoms with E-state index in [2.05, 4.69) is 37.3 Å². The number of aliphatic hydroxyl groups is 1. The van der Waals surface area contributed by atoms with Crippen LogP contribution in [-0.2, 0) is 5.41 Å². The van der Waals surface area contributed by atoms with Crippen molar-refractivity contribution in [2.45, 2.75) is 50.9 Å². The maximum Gasteiger partial charge on any atom is 0.0468 e. The molecule has 17 heavy (non-hydrogen) atoms. The van der Waals surface area contributed by atoms with Gasteiger partial charge in [0, 0.05) is 12.0 Å². The van der Waals surface area contributed by atoms with Gasteiger partial charge in [-0.1, -0.05) is 62.9 Å². The molecule has 0 spiro atoms. The summed E-state index contributed by atoms with van der Waals surface area (Å²) in [6, 6.07) is 10.8. The number of hydrogen-bond donors (Lipinski definition) is 1. The fourth-order valence-electron chi connectivity index (χ4n) is 3.06. The molecule has 1 aromatic rings. The topological polar surface area (TPSA) is 20.2 Å². The lowest BCUT2D eigenvalue weighted by molar-refractivity contribution is 0.260. The summed E-state index contributed by atoms with van der Waals surface area (Å²) in [5.74, 6) is 0.506. The number of unbranched alkanes of at least 4 members (excludes halogenated alkanes) is 3. The molecule has 0 aliphatic heterocycles. The molecule has 0 bridgehead atoms. The van der Waals surface area contributed by atoms with E-state index in [1.165, 1.54) is 44.1 Å². The van der Waals surface area contributed by atoms with Crippen molar-refractivity contribution < 1.29 is 5.11 Å². The monoisotopic (exact) mass is 232 g/mol. The molecule has 1 heteroatoms. The summed E-state index contributed by atoms with van der Waals surface area (Å²) in [7, 11) is 0. The summed E-state index contributed by atoms with van der Waals surface area (Å²) in [6.45, 7) is 2.60. The standard InChI is InChI=1S/C16H24O/c1-2-3-4-8-11-16(12-15(16)13-17)14-9-6-5-7-10-14/h5-7,9-10,15,17H,2-4,8,11-13H2,1H3/t15-,16+/m1/s1. The van der Waals surface area contributed by atoms with E-state index >= 15 is 0 Å². The first-order chi connectivity index (χ1) is 8.33. The van der Waals surface area contributed by atoms with Crippen molar-refractivity contribution in [3.05, 3.63) is 35.9 Å². The predicted molar refractivity (Wildman–Crippen MR) is 72.1 cm³/mol. The molecular formula is C16H24O. The van der Waals surface area contributed by atoms with Gasteiger partial charge in [0.05, 0.1) is 0 Å². The van der Waals surface area contributed by atoms with Crippen LogP contribution in [0.15, 0.2) is 30.3 Å². The zero-order valence-corrected chi connectivity index (χ0v) is 10.9. The maximum absolute atomic E-state index is 9.41. The Morgan fingerprint density at radius 2 is 1.94 bits per heavy atom. The van der Waals surface area contributed by atoms with Gasteiger partial charge in [0.15, 0.2) is 0 Å². The van der Waals surface area contributed by atoms with Crippen LogP contribution in [0.4, 0.5) is 0 Å². The third-order valence-corrected chi connectivity index (χ3v) is 4.28. The molecule has 2 atom stereocenters. The molecule has 0 aromatic heterocycles. The van der Waals surface area contributed by atoms with Crippen molar-refractivity contribution in [2.75, 3.05) is 6.61 Å². The van der Waals surface area contributed by atoms with Gasteiger partial charge in [-0.25, -0.2) is 0 Å². The van der Waals surface area contributed by atoms with E-state index in [0.717, 1.165) is 0 Å². The van der Waals surface area contributed by atoms with Crippen molar-refractivity contribution in [3.63, 3.8) is 0 Å². The highest BCUT2D eigenvalue weighted by Crippen LogP contribution is 2.57. The summed E-state index contributed by atoms with van der Waals surface area (Å²) >= 11 is 0. The third-order valence-electron chi connectivity index (χ3n) is 4.28. The van der Waals surface area contributed by atoms with E-state index in [1.807, 2.05) is 0 Å². The molecule has 1 N–H and O–H groups in total. The van der Waals surface area contributed by atoms with Crippen LogP contribution in [0.2, 0.25) is 0 Å². The van der Waals surface area contributed by atoms with E-state index < -0.39 is 0 Å². The highest BCUT2D eigenvalue weighted by atomic mass is 16.3. The first-order valence-electron chi connectivity index (χ1n) is 7.00. The Hall–Kier alpha value is -0.820. The van der Waals surface area contributed by atoms with E-state index in [9.17, 15) is 5.11 Å². The summed E-state index contributed by atoms with van der Waals surface area (Å²) in [6.07, 6.45) is 7.71. The average Bonchev–Trinajstić information content (AvgIpc) is 3.11. The Morgan fingerprint density at radius 1 is 1.18 bits per heavy atom. The van der Waals surface area contributed by atoms with E-state index in [1.54, 1.807) is 0 Å². The molecule has 0 heterocycles. The molecule has 1 aliphatic carbocycles. The largest absolute Gasteiger partial charge is 0.396 e. The summed E-state index contributed by atoms with van der Waals surface area (Å²) in [4.78, 5) is 0. The van der Waals surface area contributed by atoms with Gasteiger partial charge in [0.1, 0.15) is 0 Å². The Kier molecular flexibility index (Phi) is 4.22. The molecule has 0 saturated heterocycles. The second-order valence-corrected chi connectivity index (χ2v) is 5.42. The van der Waals surface area contributed by atoms with Gasteiger partial charge in [0.2, 0.25) is 0 Å². The van der Waals surface area contributed by atoms with E-state index in [0.29, 0.717) is 17.9 Å². The van der Waals surface area contributed by atoms with E-state index in [-0.39, 0.29) is 0 Å². The molecule has 1 nitrogen and oxygen atoms in total. The Morgan fingerprint density at radius 3 is 2.53 bits per heavy atom. The van der Waals surface area contributed by atoms with Gasteiger partial charge in [-0.2, -0.15) is 0 Å². The van der Waals surface area contributed by atoms with Crippen LogP contribution >= 0.6 is 0 Å². The number of rotatable bonds is 7. The fraction of sp³-hybridized carbons (Fsp3) is 0.625. The van der Waals surface area contributed by atoms with Crippen molar-refractivity contribution in [2.24, 2.45) is 5.92 Å². The second-order valence-electron chi connectivity index (χ2n) is 5.42. The molecule has 2 rings (SSSR count). The maximum atomic E-state index is 9.41. The summed E-state index contributed by atoms with van der Waals surface area (Å²) in [5.41, 5.74) is 1.75. The van der Waals surface area contributed by atoms with Crippen molar-refractivity contribution in [1.29, 1.82) is 0 Å². The second kappa shape index (κ2) is 5.68. The van der Waals surface area contributed by atoms with Gasteiger partial charge < -0.3 is 5.11 Å². The lowest BCUT2D eigenvalue weighted by Crippen LogP contribution is -2.12. The van der Waals surface area contributed by atoms with Crippen LogP contribution < -0.4 is 0 Å². The third kappa shape index (κ3) is 2.71. The zero-order valence-electron chi connectivity index (χ0n) is 10.9. The van der Waals surface area contributed by atoms with Crippen LogP contribution in [0.1, 0.15) is 51.0 Å². The number of aliphatic hydroxyl groups excluding tert-OH is 1. The smallest absolute Gasteiger partial charge is 0.0468 e. The fourth-order valence-corrected chi connectivity index (χ4v) is 3.06. The van der Waals surface area contributed by atoms with Gasteiger partial charge >= 0.3 is 0 Å². The number of hydrogen-bond acceptors (Lipinski definition) is 1. The molecular weight excluding hydrogens is 208 g/mol. The molecule has 0 unspecified atom stereocenters. The summed E-state index contributed by atoms with van der Waals surface area (Å²) in [5, 5.41) is 9.41. The van der Waals surface area contributed by atoms with Gasteiger partial charge in [0.25, 0.3) is 0 Å². The van der Waals surface area contributed by atoms with Crippen molar-refractivity contribution in [1.82, 2.24) is 0 Å². The minimum Gasteiger partial charge on any atom is -0.396 e. The first kappa shape index (κ1) is 12.6. The molecule has 1 fully saturated rings. The Bertz CT molecular complexity index is 333. The first-order valence-corrected chi connectivity index (χ1v) is 7.00. The normalized spacial score (nSPS) is 27.1. The zero-order chi connectivity index (χ0) is 12.1. The lowest BCUT2D eigenvalue weighted by Gasteiger charge is -2.17. The molecule has 1 aromatic carbocycles. The summed E-state index contributed by atoms with van der Waals surface area (Å²) < 4.78 is 0. The van der Waals surface area contributed by atoms with Crippen LogP contribution in [0.3, 0.4) is 0 Å². The van der Waals surface area contributed by atoms with Crippen LogP contribution in [0, 0.1) is 5.92 Å². The average molecular weight is 232 g/mol. The predicted octanol–water partition coefficient (Wildman–Crippen LogP) is 3.91. The van der Waals surface area contributed by atoms with Gasteiger partial charge in [-0.15, -0.1) is 0 Å². The molecule has 0 amide bonds. The molecule has 0 radical (unpaired) electrons. The van der Waals surface area contributed by atoms with Crippen LogP contribution in [0.25, 0.3) is 0 Å². The Labute approximate surface area is 105 Å². The molecule has 1 aliphatic rings. The minimum atomic E-state index is 0.309. The van der Waals surface area contributed by atoms with Crippen molar-refractivity contribution in [3.8, 4) is 0 Å². The number of benzene rings is 1. The quantitative estimate of drug-likeness (QED) is 0.707. The SMILES string of the molecule is CCCCCC[C@@]1(c2ccccc2)C[C@@H]1CO. The van der Waals surface area contributed by atoms with Crippen LogP contribution in [0.5, 0.6) is 0 Å². The highest BCUT2D eigenvalue weighted by molar-refractivity contribution is 5.33. The lowest BCUT2D eigenvalue weighted by atomic mass is 9.87. The molecule has 1 saturated carbocycles. The van der Waals surface area contributed by atoms with Gasteiger partial charge in [-0.3, -0.25) is 0 Å². The van der Waals surface area contributed by atoms with Crippen molar-refractivity contribution >= 4 is 0 Å². The minimum absolute atomic E-state index is 0.309.